The molecule has 2 atom stereocenters. The minimum absolute atomic E-state index is 0.0184. The molecule has 0 aromatic rings. The van der Waals surface area contributed by atoms with Crippen LogP contribution in [0.4, 0.5) is 0 Å². The first kappa shape index (κ1) is 32.8. The van der Waals surface area contributed by atoms with E-state index in [9.17, 15) is 27.6 Å². The van der Waals surface area contributed by atoms with Gasteiger partial charge in [-0.15, -0.1) is 0 Å². The van der Waals surface area contributed by atoms with Gasteiger partial charge in [-0.25, -0.2) is 17.9 Å². The fourth-order valence-electron chi connectivity index (χ4n) is 3.81. The van der Waals surface area contributed by atoms with Gasteiger partial charge in [0.15, 0.2) is 6.61 Å². The van der Waals surface area contributed by atoms with Crippen LogP contribution in [-0.4, -0.2) is 70.0 Å². The molecule has 0 radical (unpaired) electrons. The molecule has 0 bridgehead atoms. The van der Waals surface area contributed by atoms with E-state index in [2.05, 4.69) is 4.72 Å². The van der Waals surface area contributed by atoms with Crippen LogP contribution in [0.2, 0.25) is 0 Å². The van der Waals surface area contributed by atoms with Crippen LogP contribution >= 0.6 is 0 Å². The summed E-state index contributed by atoms with van der Waals surface area (Å²) in [6.07, 6.45) is 2.72. The van der Waals surface area contributed by atoms with E-state index in [1.54, 1.807) is 20.8 Å². The lowest BCUT2D eigenvalue weighted by Gasteiger charge is -2.39. The lowest BCUT2D eigenvalue weighted by atomic mass is 9.65. The van der Waals surface area contributed by atoms with E-state index >= 15 is 0 Å². The monoisotopic (exact) mass is 523 g/mol. The molecule has 0 fully saturated rings. The van der Waals surface area contributed by atoms with E-state index in [4.69, 9.17) is 19.3 Å². The Morgan fingerprint density at radius 1 is 0.829 bits per heavy atom. The Kier molecular flexibility index (Phi) is 12.9. The van der Waals surface area contributed by atoms with Crippen LogP contribution in [-0.2, 0) is 43.4 Å². The molecule has 0 amide bonds. The number of unbranched alkanes of at least 4 members (excludes halogenated alkanes) is 1. The van der Waals surface area contributed by atoms with E-state index in [-0.39, 0.29) is 32.6 Å². The van der Waals surface area contributed by atoms with Crippen molar-refractivity contribution >= 4 is 33.9 Å². The van der Waals surface area contributed by atoms with Crippen LogP contribution in [0.15, 0.2) is 0 Å². The average Bonchev–Trinajstić information content (AvgIpc) is 2.73. The highest BCUT2D eigenvalue weighted by molar-refractivity contribution is 7.88. The summed E-state index contributed by atoms with van der Waals surface area (Å²) in [6, 6.07) is 0. The van der Waals surface area contributed by atoms with Crippen LogP contribution in [0.25, 0.3) is 0 Å². The molecule has 0 saturated heterocycles. The Morgan fingerprint density at radius 3 is 1.86 bits per heavy atom. The number of esters is 3. The number of carbonyl (C=O) groups excluding carboxylic acids is 3. The number of carbonyl (C=O) groups is 4. The van der Waals surface area contributed by atoms with Gasteiger partial charge in [-0.3, -0.25) is 14.4 Å². The topological polar surface area (TPSA) is 162 Å². The van der Waals surface area contributed by atoms with Crippen LogP contribution in [0.1, 0.15) is 73.6 Å². The Labute approximate surface area is 208 Å². The minimum Gasteiger partial charge on any atom is -0.479 e. The van der Waals surface area contributed by atoms with Gasteiger partial charge in [0.05, 0.1) is 29.1 Å². The fourth-order valence-corrected chi connectivity index (χ4v) is 4.26. The van der Waals surface area contributed by atoms with Crippen molar-refractivity contribution < 1.29 is 46.9 Å². The van der Waals surface area contributed by atoms with Gasteiger partial charge in [-0.05, 0) is 53.4 Å². The third-order valence-electron chi connectivity index (χ3n) is 5.69. The predicted molar refractivity (Wildman–Crippen MR) is 128 cm³/mol. The summed E-state index contributed by atoms with van der Waals surface area (Å²) >= 11 is 0. The maximum atomic E-state index is 13.2. The third kappa shape index (κ3) is 11.9. The molecule has 2 N–H and O–H groups in total. The van der Waals surface area contributed by atoms with Gasteiger partial charge in [0.2, 0.25) is 10.0 Å². The third-order valence-corrected chi connectivity index (χ3v) is 6.42. The van der Waals surface area contributed by atoms with E-state index in [0.29, 0.717) is 12.8 Å². The molecule has 0 aliphatic rings. The molecule has 35 heavy (non-hydrogen) atoms. The number of aliphatic carboxylic acids is 1. The van der Waals surface area contributed by atoms with Gasteiger partial charge in [0.25, 0.3) is 0 Å². The van der Waals surface area contributed by atoms with Crippen molar-refractivity contribution in [1.29, 1.82) is 0 Å². The van der Waals surface area contributed by atoms with Crippen molar-refractivity contribution in [2.75, 3.05) is 32.6 Å². The molecule has 0 aromatic carbocycles. The van der Waals surface area contributed by atoms with Crippen LogP contribution < -0.4 is 4.72 Å². The molecule has 2 unspecified atom stereocenters. The van der Waals surface area contributed by atoms with Gasteiger partial charge in [0, 0.05) is 6.54 Å². The molecular weight excluding hydrogens is 482 g/mol. The summed E-state index contributed by atoms with van der Waals surface area (Å²) in [4.78, 5) is 49.5. The van der Waals surface area contributed by atoms with Crippen molar-refractivity contribution in [3.63, 3.8) is 0 Å². The lowest BCUT2D eigenvalue weighted by Crippen LogP contribution is -2.45. The number of ether oxygens (including phenoxy) is 3. The van der Waals surface area contributed by atoms with Gasteiger partial charge in [-0.2, -0.15) is 0 Å². The van der Waals surface area contributed by atoms with Gasteiger partial charge >= 0.3 is 23.9 Å². The second kappa shape index (κ2) is 13.8. The fraction of sp³-hybridized carbons (Fsp3) is 0.826. The average molecular weight is 524 g/mol. The first-order chi connectivity index (χ1) is 15.9. The van der Waals surface area contributed by atoms with Gasteiger partial charge in [-0.1, -0.05) is 20.3 Å². The molecule has 11 nitrogen and oxygen atoms in total. The van der Waals surface area contributed by atoms with Crippen molar-refractivity contribution in [2.24, 2.45) is 16.2 Å². The highest BCUT2D eigenvalue weighted by Crippen LogP contribution is 2.45. The summed E-state index contributed by atoms with van der Waals surface area (Å²) in [7, 11) is -3.48. The first-order valence-electron chi connectivity index (χ1n) is 11.6. The smallest absolute Gasteiger partial charge is 0.341 e. The first-order valence-corrected chi connectivity index (χ1v) is 13.5. The van der Waals surface area contributed by atoms with Crippen molar-refractivity contribution in [3.05, 3.63) is 0 Å². The molecule has 204 valence electrons. The molecule has 0 aliphatic heterocycles. The molecule has 0 aliphatic carbocycles. The van der Waals surface area contributed by atoms with Crippen LogP contribution in [0.5, 0.6) is 0 Å². The van der Waals surface area contributed by atoms with E-state index in [0.717, 1.165) is 12.7 Å². The maximum Gasteiger partial charge on any atom is 0.341 e. The number of carboxylic acids is 1. The van der Waals surface area contributed by atoms with Gasteiger partial charge in [0.1, 0.15) is 6.61 Å². The Hall–Kier alpha value is -2.21. The zero-order chi connectivity index (χ0) is 27.5. The summed E-state index contributed by atoms with van der Waals surface area (Å²) in [5.74, 6) is -3.34. The summed E-state index contributed by atoms with van der Waals surface area (Å²) < 4.78 is 40.3. The predicted octanol–water partition coefficient (Wildman–Crippen LogP) is 2.28. The zero-order valence-electron chi connectivity index (χ0n) is 21.9. The zero-order valence-corrected chi connectivity index (χ0v) is 22.7. The summed E-state index contributed by atoms with van der Waals surface area (Å²) in [6.45, 7) is 9.02. The Bertz CT molecular complexity index is 854. The molecular formula is C23H41NO10S. The quantitative estimate of drug-likeness (QED) is 0.164. The van der Waals surface area contributed by atoms with E-state index in [1.807, 2.05) is 6.92 Å². The molecule has 0 rings (SSSR count). The van der Waals surface area contributed by atoms with Crippen molar-refractivity contribution in [1.82, 2.24) is 4.72 Å². The molecule has 12 heteroatoms. The SMILES string of the molecule is CCCCOC(=O)C(C)(CC)CC(C)(CC(C)(C)C(=O)OCC(=O)O)C(=O)OCCNS(C)(=O)=O. The molecule has 0 spiro atoms. The minimum atomic E-state index is -3.48. The normalized spacial score (nSPS) is 15.4. The van der Waals surface area contributed by atoms with Crippen LogP contribution in [0, 0.1) is 16.2 Å². The van der Waals surface area contributed by atoms with Crippen LogP contribution in [0.3, 0.4) is 0 Å². The standard InChI is InChI=1S/C23H41NO10S/c1-8-10-12-32-19(28)22(5,9-2)16-23(6,20(29)33-13-11-24-35(7,30)31)15-21(3,4)18(27)34-14-17(25)26/h24H,8-16H2,1-7H3,(H,25,26). The van der Waals surface area contributed by atoms with Crippen molar-refractivity contribution in [3.8, 4) is 0 Å². The number of carboxylic acid groups (broad SMARTS) is 1. The number of sulfonamides is 1. The highest BCUT2D eigenvalue weighted by Gasteiger charge is 2.50. The Morgan fingerprint density at radius 2 is 1.37 bits per heavy atom. The second-order valence-corrected chi connectivity index (χ2v) is 11.8. The number of nitrogens with one attached hydrogen (secondary N) is 1. The lowest BCUT2D eigenvalue weighted by molar-refractivity contribution is -0.170. The van der Waals surface area contributed by atoms with E-state index in [1.165, 1.54) is 13.8 Å². The summed E-state index contributed by atoms with van der Waals surface area (Å²) in [5.41, 5.74) is -3.76. The molecule has 0 heterocycles. The number of hydrogen-bond acceptors (Lipinski definition) is 9. The number of hydrogen-bond donors (Lipinski definition) is 2. The Balaban J connectivity index is 5.87. The second-order valence-electron chi connectivity index (χ2n) is 9.97. The maximum absolute atomic E-state index is 13.2. The summed E-state index contributed by atoms with van der Waals surface area (Å²) in [5, 5.41) is 8.81. The largest absolute Gasteiger partial charge is 0.479 e. The highest BCUT2D eigenvalue weighted by atomic mass is 32.2. The number of rotatable bonds is 17. The molecule has 0 aromatic heterocycles. The van der Waals surface area contributed by atoms with E-state index < -0.39 is 56.8 Å². The molecule has 0 saturated carbocycles. The van der Waals surface area contributed by atoms with Crippen molar-refractivity contribution in [2.45, 2.75) is 73.6 Å². The van der Waals surface area contributed by atoms with Gasteiger partial charge < -0.3 is 19.3 Å².